The summed E-state index contributed by atoms with van der Waals surface area (Å²) in [5.41, 5.74) is 7.34. The van der Waals surface area contributed by atoms with Crippen LogP contribution in [0.2, 0.25) is 0 Å². The molecule has 0 radical (unpaired) electrons. The molecular formula is C15H18N4O2. The van der Waals surface area contributed by atoms with E-state index in [-0.39, 0.29) is 11.7 Å². The summed E-state index contributed by atoms with van der Waals surface area (Å²) >= 11 is 0. The van der Waals surface area contributed by atoms with Crippen LogP contribution in [0.15, 0.2) is 18.2 Å². The zero-order valence-electron chi connectivity index (χ0n) is 11.7. The molecule has 1 aromatic rings. The number of hydrogen-bond acceptors (Lipinski definition) is 5. The molecule has 1 aromatic carbocycles. The number of nitrogens with two attached hydrogens (primary N) is 1. The predicted molar refractivity (Wildman–Crippen MR) is 78.8 cm³/mol. The summed E-state index contributed by atoms with van der Waals surface area (Å²) in [5.74, 6) is 1.05. The predicted octanol–water partition coefficient (Wildman–Crippen LogP) is 2.03. The normalized spacial score (nSPS) is 28.0. The lowest BCUT2D eigenvalue weighted by Crippen LogP contribution is -2.38. The molecule has 1 aliphatic heterocycles. The summed E-state index contributed by atoms with van der Waals surface area (Å²) in [4.78, 5) is 12.5. The van der Waals surface area contributed by atoms with E-state index in [1.807, 2.05) is 0 Å². The standard InChI is InChI=1S/C15H18N4O2/c16-7-11-6-12(19(20)21)4-5-15(11)18-8-10-2-1-3-14(17)13(10)9-18/h4-6,10,13-14H,1-3,8-9,17H2. The van der Waals surface area contributed by atoms with Crippen LogP contribution in [0.1, 0.15) is 24.8 Å². The maximum atomic E-state index is 10.8. The Morgan fingerprint density at radius 1 is 1.38 bits per heavy atom. The van der Waals surface area contributed by atoms with Gasteiger partial charge in [-0.1, -0.05) is 6.42 Å². The minimum Gasteiger partial charge on any atom is -0.370 e. The Morgan fingerprint density at radius 2 is 2.19 bits per heavy atom. The average molecular weight is 286 g/mol. The van der Waals surface area contributed by atoms with Gasteiger partial charge in [0.2, 0.25) is 0 Å². The van der Waals surface area contributed by atoms with E-state index < -0.39 is 4.92 Å². The van der Waals surface area contributed by atoms with Crippen LogP contribution < -0.4 is 10.6 Å². The molecule has 0 spiro atoms. The Kier molecular flexibility index (Phi) is 3.52. The van der Waals surface area contributed by atoms with Gasteiger partial charge in [0.15, 0.2) is 0 Å². The van der Waals surface area contributed by atoms with Crippen LogP contribution in [0.3, 0.4) is 0 Å². The second-order valence-corrected chi connectivity index (χ2v) is 5.99. The minimum atomic E-state index is -0.468. The number of fused-ring (bicyclic) bond motifs is 1. The molecule has 2 aliphatic rings. The molecule has 2 fully saturated rings. The van der Waals surface area contributed by atoms with Gasteiger partial charge in [-0.3, -0.25) is 10.1 Å². The van der Waals surface area contributed by atoms with Gasteiger partial charge in [-0.2, -0.15) is 5.26 Å². The molecule has 2 N–H and O–H groups in total. The molecule has 1 saturated heterocycles. The first kappa shape index (κ1) is 13.8. The van der Waals surface area contributed by atoms with E-state index in [2.05, 4.69) is 11.0 Å². The molecule has 3 atom stereocenters. The highest BCUT2D eigenvalue weighted by Gasteiger charge is 2.39. The molecule has 3 rings (SSSR count). The van der Waals surface area contributed by atoms with Crippen LogP contribution in [0, 0.1) is 33.3 Å². The first-order chi connectivity index (χ1) is 10.1. The van der Waals surface area contributed by atoms with Crippen molar-refractivity contribution in [3.8, 4) is 6.07 Å². The molecule has 3 unspecified atom stereocenters. The summed E-state index contributed by atoms with van der Waals surface area (Å²) in [5, 5.41) is 20.1. The summed E-state index contributed by atoms with van der Waals surface area (Å²) in [6.07, 6.45) is 3.42. The monoisotopic (exact) mass is 286 g/mol. The molecule has 110 valence electrons. The van der Waals surface area contributed by atoms with Crippen molar-refractivity contribution in [3.63, 3.8) is 0 Å². The fraction of sp³-hybridized carbons (Fsp3) is 0.533. The van der Waals surface area contributed by atoms with E-state index in [9.17, 15) is 15.4 Å². The molecular weight excluding hydrogens is 268 g/mol. The van der Waals surface area contributed by atoms with Gasteiger partial charge in [0.1, 0.15) is 6.07 Å². The van der Waals surface area contributed by atoms with Gasteiger partial charge < -0.3 is 10.6 Å². The fourth-order valence-corrected chi connectivity index (χ4v) is 3.72. The van der Waals surface area contributed by atoms with Crippen molar-refractivity contribution in [1.29, 1.82) is 5.26 Å². The van der Waals surface area contributed by atoms with Gasteiger partial charge >= 0.3 is 0 Å². The van der Waals surface area contributed by atoms with Crippen molar-refractivity contribution in [3.05, 3.63) is 33.9 Å². The number of nitro benzene ring substituents is 1. The Bertz CT molecular complexity index is 610. The summed E-state index contributed by atoms with van der Waals surface area (Å²) in [6.45, 7) is 1.74. The van der Waals surface area contributed by atoms with E-state index in [1.165, 1.54) is 25.0 Å². The SMILES string of the molecule is N#Cc1cc([N+](=O)[O-])ccc1N1CC2CCCC(N)C2C1. The molecule has 6 nitrogen and oxygen atoms in total. The van der Waals surface area contributed by atoms with Gasteiger partial charge in [-0.25, -0.2) is 0 Å². The van der Waals surface area contributed by atoms with Crippen LogP contribution in [-0.2, 0) is 0 Å². The zero-order chi connectivity index (χ0) is 15.0. The number of rotatable bonds is 2. The zero-order valence-corrected chi connectivity index (χ0v) is 11.7. The number of hydrogen-bond donors (Lipinski definition) is 1. The Morgan fingerprint density at radius 3 is 2.86 bits per heavy atom. The van der Waals surface area contributed by atoms with E-state index in [4.69, 9.17) is 5.73 Å². The average Bonchev–Trinajstić information content (AvgIpc) is 2.91. The lowest BCUT2D eigenvalue weighted by Gasteiger charge is -2.29. The van der Waals surface area contributed by atoms with Crippen LogP contribution in [0.25, 0.3) is 0 Å². The minimum absolute atomic E-state index is 0.0383. The van der Waals surface area contributed by atoms with E-state index in [1.54, 1.807) is 6.07 Å². The van der Waals surface area contributed by atoms with Crippen molar-refractivity contribution in [1.82, 2.24) is 0 Å². The van der Waals surface area contributed by atoms with E-state index >= 15 is 0 Å². The summed E-state index contributed by atoms with van der Waals surface area (Å²) in [7, 11) is 0. The van der Waals surface area contributed by atoms with E-state index in [0.29, 0.717) is 17.4 Å². The maximum absolute atomic E-state index is 10.8. The first-order valence-corrected chi connectivity index (χ1v) is 7.29. The number of nitrogens with zero attached hydrogens (tertiary/aromatic N) is 3. The lowest BCUT2D eigenvalue weighted by atomic mass is 9.78. The molecule has 1 aliphatic carbocycles. The summed E-state index contributed by atoms with van der Waals surface area (Å²) < 4.78 is 0. The second-order valence-electron chi connectivity index (χ2n) is 5.99. The summed E-state index contributed by atoms with van der Waals surface area (Å²) in [6, 6.07) is 6.84. The third kappa shape index (κ3) is 2.45. The molecule has 0 aromatic heterocycles. The quantitative estimate of drug-likeness (QED) is 0.662. The number of anilines is 1. The van der Waals surface area contributed by atoms with Crippen LogP contribution in [0.4, 0.5) is 11.4 Å². The highest BCUT2D eigenvalue weighted by molar-refractivity contribution is 5.63. The molecule has 0 amide bonds. The van der Waals surface area contributed by atoms with Gasteiger partial charge in [0.25, 0.3) is 5.69 Å². The highest BCUT2D eigenvalue weighted by Crippen LogP contribution is 2.38. The van der Waals surface area contributed by atoms with Crippen molar-refractivity contribution in [2.45, 2.75) is 25.3 Å². The molecule has 6 heteroatoms. The van der Waals surface area contributed by atoms with Gasteiger partial charge in [-0.15, -0.1) is 0 Å². The molecule has 0 bridgehead atoms. The van der Waals surface area contributed by atoms with Crippen LogP contribution in [0.5, 0.6) is 0 Å². The molecule has 1 heterocycles. The molecule has 1 saturated carbocycles. The third-order valence-corrected chi connectivity index (χ3v) is 4.81. The van der Waals surface area contributed by atoms with Crippen molar-refractivity contribution in [2.24, 2.45) is 17.6 Å². The lowest BCUT2D eigenvalue weighted by molar-refractivity contribution is -0.384. The van der Waals surface area contributed by atoms with Gasteiger partial charge in [0.05, 0.1) is 16.2 Å². The van der Waals surface area contributed by atoms with Crippen LogP contribution in [-0.4, -0.2) is 24.1 Å². The Labute approximate surface area is 123 Å². The van der Waals surface area contributed by atoms with Crippen molar-refractivity contribution < 1.29 is 4.92 Å². The van der Waals surface area contributed by atoms with Gasteiger partial charge in [-0.05, 0) is 30.7 Å². The second kappa shape index (κ2) is 5.34. The Balaban J connectivity index is 1.88. The first-order valence-electron chi connectivity index (χ1n) is 7.29. The van der Waals surface area contributed by atoms with Crippen LogP contribution >= 0.6 is 0 Å². The number of benzene rings is 1. The molecule has 21 heavy (non-hydrogen) atoms. The number of nitro groups is 1. The largest absolute Gasteiger partial charge is 0.370 e. The Hall–Kier alpha value is -2.13. The van der Waals surface area contributed by atoms with Gasteiger partial charge in [0, 0.05) is 31.3 Å². The third-order valence-electron chi connectivity index (χ3n) is 4.81. The number of nitriles is 1. The topological polar surface area (TPSA) is 96.2 Å². The highest BCUT2D eigenvalue weighted by atomic mass is 16.6. The van der Waals surface area contributed by atoms with E-state index in [0.717, 1.165) is 25.2 Å². The fourth-order valence-electron chi connectivity index (χ4n) is 3.72. The van der Waals surface area contributed by atoms with Crippen molar-refractivity contribution >= 4 is 11.4 Å². The smallest absolute Gasteiger partial charge is 0.270 e. The maximum Gasteiger partial charge on any atom is 0.270 e. The van der Waals surface area contributed by atoms with Crippen molar-refractivity contribution in [2.75, 3.05) is 18.0 Å². The number of non-ortho nitro benzene ring substituents is 1.